The van der Waals surface area contributed by atoms with Crippen LogP contribution in [-0.4, -0.2) is 26.0 Å². The van der Waals surface area contributed by atoms with Gasteiger partial charge in [-0.15, -0.1) is 0 Å². The molecule has 2 N–H and O–H groups in total. The summed E-state index contributed by atoms with van der Waals surface area (Å²) in [7, 11) is 1.53. The molecular weight excluding hydrogens is 136 g/mol. The minimum atomic E-state index is -1.22. The number of hydrogen-bond donors (Lipinski definition) is 2. The molecule has 1 rings (SSSR count). The number of nitrogens with zero attached hydrogens (tertiary/aromatic N) is 2. The van der Waals surface area contributed by atoms with Crippen LogP contribution in [0.2, 0.25) is 0 Å². The van der Waals surface area contributed by atoms with Crippen LogP contribution in [0.4, 0.5) is 0 Å². The van der Waals surface area contributed by atoms with Crippen molar-refractivity contribution in [3.05, 3.63) is 11.9 Å². The van der Waals surface area contributed by atoms with E-state index in [1.165, 1.54) is 17.9 Å². The Hall–Kier alpha value is -1.52. The summed E-state index contributed by atoms with van der Waals surface area (Å²) >= 11 is 0. The Bertz CT molecular complexity index is 266. The van der Waals surface area contributed by atoms with E-state index in [1.54, 1.807) is 0 Å². The molecule has 0 saturated carbocycles. The van der Waals surface area contributed by atoms with Crippen LogP contribution in [0.3, 0.4) is 0 Å². The number of aromatic carboxylic acids is 1. The topological polar surface area (TPSA) is 75.4 Å². The predicted molar refractivity (Wildman–Crippen MR) is 31.8 cm³/mol. The van der Waals surface area contributed by atoms with Crippen molar-refractivity contribution in [2.45, 2.75) is 0 Å². The van der Waals surface area contributed by atoms with Crippen molar-refractivity contribution >= 4 is 5.97 Å². The molecule has 0 aliphatic heterocycles. The van der Waals surface area contributed by atoms with E-state index in [4.69, 9.17) is 10.2 Å². The van der Waals surface area contributed by atoms with Crippen LogP contribution in [0.1, 0.15) is 10.5 Å². The molecule has 1 aromatic rings. The van der Waals surface area contributed by atoms with Gasteiger partial charge < -0.3 is 10.2 Å². The van der Waals surface area contributed by atoms with Gasteiger partial charge in [-0.1, -0.05) is 0 Å². The van der Waals surface area contributed by atoms with Crippen molar-refractivity contribution in [3.8, 4) is 5.75 Å². The number of hydrogen-bond acceptors (Lipinski definition) is 3. The summed E-state index contributed by atoms with van der Waals surface area (Å²) in [5, 5.41) is 20.7. The average molecular weight is 142 g/mol. The van der Waals surface area contributed by atoms with Crippen molar-refractivity contribution in [2.75, 3.05) is 0 Å². The van der Waals surface area contributed by atoms with Crippen LogP contribution in [0.15, 0.2) is 6.20 Å². The monoisotopic (exact) mass is 142 g/mol. The van der Waals surface area contributed by atoms with Crippen molar-refractivity contribution in [1.29, 1.82) is 0 Å². The van der Waals surface area contributed by atoms with Crippen LogP contribution in [0.25, 0.3) is 0 Å². The predicted octanol–water partition coefficient (Wildman–Crippen LogP) is -0.176. The third kappa shape index (κ3) is 0.928. The maximum atomic E-state index is 10.2. The van der Waals surface area contributed by atoms with E-state index in [-0.39, 0.29) is 11.4 Å². The third-order valence-electron chi connectivity index (χ3n) is 1.01. The number of aromatic nitrogens is 2. The van der Waals surface area contributed by atoms with Gasteiger partial charge in [0.25, 0.3) is 0 Å². The highest BCUT2D eigenvalue weighted by molar-refractivity contribution is 5.88. The number of aromatic hydroxyl groups is 1. The van der Waals surface area contributed by atoms with E-state index in [0.29, 0.717) is 0 Å². The smallest absolute Gasteiger partial charge is 0.360 e. The quantitative estimate of drug-likeness (QED) is 0.570. The van der Waals surface area contributed by atoms with Crippen LogP contribution in [0.5, 0.6) is 5.75 Å². The molecular formula is C5H6N2O3. The van der Waals surface area contributed by atoms with Gasteiger partial charge in [0.1, 0.15) is 0 Å². The van der Waals surface area contributed by atoms with Crippen LogP contribution >= 0.6 is 0 Å². The van der Waals surface area contributed by atoms with Crippen LogP contribution in [0, 0.1) is 0 Å². The Balaban J connectivity index is 3.15. The van der Waals surface area contributed by atoms with Crippen LogP contribution in [-0.2, 0) is 7.05 Å². The van der Waals surface area contributed by atoms with Gasteiger partial charge in [-0.05, 0) is 0 Å². The number of carboxylic acids is 1. The van der Waals surface area contributed by atoms with Gasteiger partial charge in [0.2, 0.25) is 5.69 Å². The zero-order valence-electron chi connectivity index (χ0n) is 5.27. The maximum absolute atomic E-state index is 10.2. The first kappa shape index (κ1) is 6.60. The van der Waals surface area contributed by atoms with Gasteiger partial charge in [-0.25, -0.2) is 4.79 Å². The summed E-state index contributed by atoms with van der Waals surface area (Å²) < 4.78 is 1.23. The largest absolute Gasteiger partial charge is 0.504 e. The Morgan fingerprint density at radius 1 is 1.80 bits per heavy atom. The number of carboxylic acid groups (broad SMARTS) is 1. The second-order valence-electron chi connectivity index (χ2n) is 1.84. The summed E-state index contributed by atoms with van der Waals surface area (Å²) in [5.74, 6) is -1.53. The molecule has 1 aromatic heterocycles. The molecule has 0 spiro atoms. The summed E-state index contributed by atoms with van der Waals surface area (Å²) in [4.78, 5) is 10.2. The van der Waals surface area contributed by atoms with Crippen molar-refractivity contribution in [3.63, 3.8) is 0 Å². The fourth-order valence-electron chi connectivity index (χ4n) is 0.628. The lowest BCUT2D eigenvalue weighted by Gasteiger charge is -1.84. The van der Waals surface area contributed by atoms with Crippen molar-refractivity contribution in [2.24, 2.45) is 7.05 Å². The molecule has 0 saturated heterocycles. The molecule has 0 bridgehead atoms. The van der Waals surface area contributed by atoms with Gasteiger partial charge in [-0.3, -0.25) is 4.68 Å². The second-order valence-corrected chi connectivity index (χ2v) is 1.84. The van der Waals surface area contributed by atoms with Gasteiger partial charge in [0.15, 0.2) is 5.75 Å². The summed E-state index contributed by atoms with van der Waals surface area (Å²) in [6.07, 6.45) is 1.23. The Labute approximate surface area is 56.5 Å². The van der Waals surface area contributed by atoms with Gasteiger partial charge in [0.05, 0.1) is 6.20 Å². The first-order valence-corrected chi connectivity index (χ1v) is 2.57. The lowest BCUT2D eigenvalue weighted by atomic mass is 10.4. The molecule has 5 heteroatoms. The van der Waals surface area contributed by atoms with Crippen molar-refractivity contribution < 1.29 is 15.0 Å². The van der Waals surface area contributed by atoms with Gasteiger partial charge >= 0.3 is 5.97 Å². The molecule has 0 aromatic carbocycles. The first-order valence-electron chi connectivity index (χ1n) is 2.57. The molecule has 0 amide bonds. The average Bonchev–Trinajstić information content (AvgIpc) is 2.10. The van der Waals surface area contributed by atoms with E-state index in [1.807, 2.05) is 0 Å². The Morgan fingerprint density at radius 2 is 2.40 bits per heavy atom. The molecule has 10 heavy (non-hydrogen) atoms. The lowest BCUT2D eigenvalue weighted by molar-refractivity contribution is 0.0686. The Morgan fingerprint density at radius 3 is 2.60 bits per heavy atom. The van der Waals surface area contributed by atoms with E-state index in [0.717, 1.165) is 0 Å². The third-order valence-corrected chi connectivity index (χ3v) is 1.01. The molecule has 0 unspecified atom stereocenters. The van der Waals surface area contributed by atoms with E-state index in [9.17, 15) is 4.79 Å². The Kier molecular flexibility index (Phi) is 1.33. The molecule has 54 valence electrons. The SMILES string of the molecule is Cn1cc(O)c(C(=O)O)n1. The first-order chi connectivity index (χ1) is 4.61. The second kappa shape index (κ2) is 2.02. The molecule has 1 heterocycles. The standard InChI is InChI=1S/C5H6N2O3/c1-7-2-3(8)4(6-7)5(9)10/h2,8H,1H3,(H,9,10). The van der Waals surface area contributed by atoms with E-state index < -0.39 is 5.97 Å². The summed E-state index contributed by atoms with van der Waals surface area (Å²) in [6.45, 7) is 0. The minimum absolute atomic E-state index is 0.310. The lowest BCUT2D eigenvalue weighted by Crippen LogP contribution is -1.98. The molecule has 0 aliphatic rings. The summed E-state index contributed by atoms with van der Waals surface area (Å²) in [5.41, 5.74) is -0.317. The van der Waals surface area contributed by atoms with Crippen LogP contribution < -0.4 is 0 Å². The normalized spacial score (nSPS) is 9.70. The fraction of sp³-hybridized carbons (Fsp3) is 0.200. The zero-order chi connectivity index (χ0) is 7.72. The molecule has 0 aliphatic carbocycles. The minimum Gasteiger partial charge on any atom is -0.504 e. The molecule has 0 atom stereocenters. The fourth-order valence-corrected chi connectivity index (χ4v) is 0.628. The highest BCUT2D eigenvalue weighted by atomic mass is 16.4. The molecule has 0 fully saturated rings. The van der Waals surface area contributed by atoms with E-state index in [2.05, 4.69) is 5.10 Å². The van der Waals surface area contributed by atoms with Gasteiger partial charge in [-0.2, -0.15) is 5.10 Å². The summed E-state index contributed by atoms with van der Waals surface area (Å²) in [6, 6.07) is 0. The van der Waals surface area contributed by atoms with Gasteiger partial charge in [0, 0.05) is 7.05 Å². The van der Waals surface area contributed by atoms with Crippen molar-refractivity contribution in [1.82, 2.24) is 9.78 Å². The zero-order valence-corrected chi connectivity index (χ0v) is 5.27. The number of rotatable bonds is 1. The highest BCUT2D eigenvalue weighted by Gasteiger charge is 2.12. The number of aryl methyl sites for hydroxylation is 1. The maximum Gasteiger partial charge on any atom is 0.360 e. The molecule has 0 radical (unpaired) electrons. The van der Waals surface area contributed by atoms with E-state index >= 15 is 0 Å². The number of carbonyl (C=O) groups is 1. The molecule has 5 nitrogen and oxygen atoms in total. The highest BCUT2D eigenvalue weighted by Crippen LogP contribution is 2.12.